The van der Waals surface area contributed by atoms with Gasteiger partial charge in [-0.25, -0.2) is 18.1 Å². The number of aromatic nitrogens is 1. The molecule has 116 valence electrons. The number of benzene rings is 1. The second kappa shape index (κ2) is 6.96. The quantitative estimate of drug-likeness (QED) is 0.452. The highest BCUT2D eigenvalue weighted by molar-refractivity contribution is 7.89. The number of nitrogens with zero attached hydrogens (tertiary/aromatic N) is 2. The van der Waals surface area contributed by atoms with E-state index in [0.29, 0.717) is 12.4 Å². The third-order valence-electron chi connectivity index (χ3n) is 2.74. The van der Waals surface area contributed by atoms with Crippen LogP contribution in [0, 0.1) is 10.1 Å². The van der Waals surface area contributed by atoms with Gasteiger partial charge >= 0.3 is 0 Å². The van der Waals surface area contributed by atoms with Crippen molar-refractivity contribution in [3.05, 3.63) is 58.8 Å². The zero-order chi connectivity index (χ0) is 16.0. The van der Waals surface area contributed by atoms with E-state index in [-0.39, 0.29) is 17.1 Å². The van der Waals surface area contributed by atoms with Crippen LogP contribution in [0.25, 0.3) is 0 Å². The molecule has 0 aliphatic heterocycles. The summed E-state index contributed by atoms with van der Waals surface area (Å²) in [4.78, 5) is 14.0. The molecule has 1 aromatic carbocycles. The van der Waals surface area contributed by atoms with Crippen LogP contribution < -0.4 is 10.0 Å². The topological polar surface area (TPSA) is 114 Å². The zero-order valence-electron chi connectivity index (χ0n) is 11.5. The van der Waals surface area contributed by atoms with Crippen molar-refractivity contribution in [3.8, 4) is 0 Å². The number of hydrogen-bond acceptors (Lipinski definition) is 6. The molecule has 0 fully saturated rings. The van der Waals surface area contributed by atoms with Gasteiger partial charge in [0.25, 0.3) is 5.69 Å². The van der Waals surface area contributed by atoms with Gasteiger partial charge in [0, 0.05) is 19.2 Å². The Labute approximate surface area is 127 Å². The SMILES string of the molecule is O=[N+]([O-])c1ccc(NCCNS(=O)(=O)c2ccccc2)nc1. The summed E-state index contributed by atoms with van der Waals surface area (Å²) in [7, 11) is -3.53. The summed E-state index contributed by atoms with van der Waals surface area (Å²) in [5, 5.41) is 13.4. The molecule has 0 aliphatic carbocycles. The first-order valence-corrected chi connectivity index (χ1v) is 7.86. The molecule has 9 heteroatoms. The van der Waals surface area contributed by atoms with E-state index in [1.807, 2.05) is 0 Å². The Morgan fingerprint density at radius 3 is 2.41 bits per heavy atom. The van der Waals surface area contributed by atoms with Crippen LogP contribution in [-0.4, -0.2) is 31.4 Å². The molecule has 0 saturated heterocycles. The van der Waals surface area contributed by atoms with E-state index in [1.165, 1.54) is 24.3 Å². The molecule has 2 aromatic rings. The van der Waals surface area contributed by atoms with Crippen molar-refractivity contribution >= 4 is 21.5 Å². The van der Waals surface area contributed by atoms with Crippen LogP contribution in [0.15, 0.2) is 53.6 Å². The fraction of sp³-hybridized carbons (Fsp3) is 0.154. The van der Waals surface area contributed by atoms with Gasteiger partial charge in [0.05, 0.1) is 9.82 Å². The Balaban J connectivity index is 1.83. The standard InChI is InChI=1S/C13H14N4O4S/c18-17(19)11-6-7-13(15-10-11)14-8-9-16-22(20,21)12-4-2-1-3-5-12/h1-7,10,16H,8-9H2,(H,14,15). The van der Waals surface area contributed by atoms with Gasteiger partial charge in [-0.05, 0) is 18.2 Å². The van der Waals surface area contributed by atoms with E-state index in [4.69, 9.17) is 0 Å². The van der Waals surface area contributed by atoms with Gasteiger partial charge in [-0.3, -0.25) is 10.1 Å². The third-order valence-corrected chi connectivity index (χ3v) is 4.21. The molecule has 1 heterocycles. The van der Waals surface area contributed by atoms with Crippen LogP contribution in [0.3, 0.4) is 0 Å². The predicted molar refractivity (Wildman–Crippen MR) is 81.0 cm³/mol. The fourth-order valence-corrected chi connectivity index (χ4v) is 2.71. The molecule has 0 amide bonds. The lowest BCUT2D eigenvalue weighted by Crippen LogP contribution is -2.29. The summed E-state index contributed by atoms with van der Waals surface area (Å²) in [6.45, 7) is 0.465. The second-order valence-corrected chi connectivity index (χ2v) is 6.06. The van der Waals surface area contributed by atoms with Crippen molar-refractivity contribution in [2.75, 3.05) is 18.4 Å². The average Bonchev–Trinajstić information content (AvgIpc) is 2.53. The van der Waals surface area contributed by atoms with Crippen molar-refractivity contribution in [3.63, 3.8) is 0 Å². The summed E-state index contributed by atoms with van der Waals surface area (Å²) >= 11 is 0. The molecule has 0 aliphatic rings. The maximum atomic E-state index is 11.9. The van der Waals surface area contributed by atoms with E-state index < -0.39 is 14.9 Å². The lowest BCUT2D eigenvalue weighted by atomic mass is 10.4. The number of rotatable bonds is 7. The number of nitro groups is 1. The number of nitrogens with one attached hydrogen (secondary N) is 2. The maximum absolute atomic E-state index is 11.9. The third kappa shape index (κ3) is 4.24. The molecular weight excluding hydrogens is 308 g/mol. The molecule has 0 saturated carbocycles. The van der Waals surface area contributed by atoms with Crippen molar-refractivity contribution < 1.29 is 13.3 Å². The highest BCUT2D eigenvalue weighted by Gasteiger charge is 2.12. The summed E-state index contributed by atoms with van der Waals surface area (Å²) in [6, 6.07) is 10.8. The van der Waals surface area contributed by atoms with E-state index >= 15 is 0 Å². The summed E-state index contributed by atoms with van der Waals surface area (Å²) in [6.07, 6.45) is 1.14. The van der Waals surface area contributed by atoms with Gasteiger partial charge in [-0.1, -0.05) is 18.2 Å². The minimum absolute atomic E-state index is 0.102. The summed E-state index contributed by atoms with van der Waals surface area (Å²) in [5.41, 5.74) is -0.102. The molecular formula is C13H14N4O4S. The molecule has 0 unspecified atom stereocenters. The van der Waals surface area contributed by atoms with Crippen molar-refractivity contribution in [1.29, 1.82) is 0 Å². The lowest BCUT2D eigenvalue weighted by molar-refractivity contribution is -0.385. The van der Waals surface area contributed by atoms with Crippen molar-refractivity contribution in [2.45, 2.75) is 4.90 Å². The van der Waals surface area contributed by atoms with Gasteiger partial charge in [-0.2, -0.15) is 0 Å². The number of sulfonamides is 1. The van der Waals surface area contributed by atoms with Crippen LogP contribution in [0.2, 0.25) is 0 Å². The van der Waals surface area contributed by atoms with Gasteiger partial charge < -0.3 is 5.32 Å². The highest BCUT2D eigenvalue weighted by Crippen LogP contribution is 2.11. The predicted octanol–water partition coefficient (Wildman–Crippen LogP) is 1.38. The summed E-state index contributed by atoms with van der Waals surface area (Å²) in [5.74, 6) is 0.435. The van der Waals surface area contributed by atoms with Gasteiger partial charge in [0.2, 0.25) is 10.0 Å². The summed E-state index contributed by atoms with van der Waals surface area (Å²) < 4.78 is 26.3. The molecule has 22 heavy (non-hydrogen) atoms. The Bertz CT molecular complexity index is 732. The number of anilines is 1. The van der Waals surface area contributed by atoms with E-state index in [2.05, 4.69) is 15.0 Å². The van der Waals surface area contributed by atoms with Gasteiger partial charge in [0.1, 0.15) is 12.0 Å². The monoisotopic (exact) mass is 322 g/mol. The first-order valence-electron chi connectivity index (χ1n) is 6.38. The first kappa shape index (κ1) is 15.9. The molecule has 0 bridgehead atoms. The lowest BCUT2D eigenvalue weighted by Gasteiger charge is -2.08. The fourth-order valence-electron chi connectivity index (χ4n) is 1.66. The minimum atomic E-state index is -3.53. The van der Waals surface area contributed by atoms with Crippen LogP contribution in [0.1, 0.15) is 0 Å². The molecule has 1 aromatic heterocycles. The van der Waals surface area contributed by atoms with Crippen LogP contribution in [0.5, 0.6) is 0 Å². The Kier molecular flexibility index (Phi) is 5.02. The molecule has 2 rings (SSSR count). The molecule has 0 atom stereocenters. The largest absolute Gasteiger partial charge is 0.369 e. The maximum Gasteiger partial charge on any atom is 0.287 e. The van der Waals surface area contributed by atoms with Crippen LogP contribution in [-0.2, 0) is 10.0 Å². The normalized spacial score (nSPS) is 11.1. The van der Waals surface area contributed by atoms with E-state index in [9.17, 15) is 18.5 Å². The minimum Gasteiger partial charge on any atom is -0.369 e. The smallest absolute Gasteiger partial charge is 0.287 e. The van der Waals surface area contributed by atoms with Crippen molar-refractivity contribution in [2.24, 2.45) is 0 Å². The Morgan fingerprint density at radius 1 is 1.09 bits per heavy atom. The van der Waals surface area contributed by atoms with E-state index in [1.54, 1.807) is 18.2 Å². The molecule has 8 nitrogen and oxygen atoms in total. The molecule has 2 N–H and O–H groups in total. The van der Waals surface area contributed by atoms with Gasteiger partial charge in [0.15, 0.2) is 0 Å². The highest BCUT2D eigenvalue weighted by atomic mass is 32.2. The average molecular weight is 322 g/mol. The number of hydrogen-bond donors (Lipinski definition) is 2. The Morgan fingerprint density at radius 2 is 1.82 bits per heavy atom. The molecule has 0 radical (unpaired) electrons. The first-order chi connectivity index (χ1) is 10.5. The zero-order valence-corrected chi connectivity index (χ0v) is 12.3. The molecule has 0 spiro atoms. The Hall–Kier alpha value is -2.52. The second-order valence-electron chi connectivity index (χ2n) is 4.30. The van der Waals surface area contributed by atoms with Crippen molar-refractivity contribution in [1.82, 2.24) is 9.71 Å². The van der Waals surface area contributed by atoms with E-state index in [0.717, 1.165) is 6.20 Å². The van der Waals surface area contributed by atoms with Crippen LogP contribution >= 0.6 is 0 Å². The van der Waals surface area contributed by atoms with Crippen LogP contribution in [0.4, 0.5) is 11.5 Å². The van der Waals surface area contributed by atoms with Gasteiger partial charge in [-0.15, -0.1) is 0 Å². The number of pyridine rings is 1.